The molecular weight excluding hydrogens is 352 g/mol. The molecule has 6 nitrogen and oxygen atoms in total. The van der Waals surface area contributed by atoms with Crippen LogP contribution in [0.25, 0.3) is 0 Å². The van der Waals surface area contributed by atoms with Gasteiger partial charge in [-0.1, -0.05) is 12.1 Å². The summed E-state index contributed by atoms with van der Waals surface area (Å²) in [6.45, 7) is 2.62. The highest BCUT2D eigenvalue weighted by Crippen LogP contribution is 2.26. The Morgan fingerprint density at radius 3 is 2.96 bits per heavy atom. The van der Waals surface area contributed by atoms with E-state index in [0.29, 0.717) is 6.54 Å². The summed E-state index contributed by atoms with van der Waals surface area (Å²) >= 11 is 0. The van der Waals surface area contributed by atoms with Crippen LogP contribution in [-0.4, -0.2) is 36.1 Å². The number of amides is 1. The van der Waals surface area contributed by atoms with Crippen LogP contribution in [0.15, 0.2) is 30.5 Å². The first-order chi connectivity index (χ1) is 13.7. The Kier molecular flexibility index (Phi) is 5.74. The maximum absolute atomic E-state index is 12.7. The van der Waals surface area contributed by atoms with Crippen molar-refractivity contribution < 1.29 is 9.53 Å². The molecule has 1 aliphatic carbocycles. The van der Waals surface area contributed by atoms with Crippen molar-refractivity contribution in [2.75, 3.05) is 25.1 Å². The van der Waals surface area contributed by atoms with Gasteiger partial charge in [-0.05, 0) is 61.8 Å². The van der Waals surface area contributed by atoms with E-state index in [4.69, 9.17) is 9.72 Å². The van der Waals surface area contributed by atoms with Gasteiger partial charge >= 0.3 is 0 Å². The molecule has 2 heterocycles. The van der Waals surface area contributed by atoms with Crippen molar-refractivity contribution in [3.63, 3.8) is 0 Å². The number of hydrogen-bond acceptors (Lipinski definition) is 5. The fourth-order valence-electron chi connectivity index (χ4n) is 4.08. The minimum atomic E-state index is -0.0115. The third-order valence-corrected chi connectivity index (χ3v) is 5.75. The van der Waals surface area contributed by atoms with E-state index in [-0.39, 0.29) is 11.8 Å². The van der Waals surface area contributed by atoms with Crippen molar-refractivity contribution in [2.45, 2.75) is 45.1 Å². The zero-order valence-corrected chi connectivity index (χ0v) is 16.5. The van der Waals surface area contributed by atoms with Gasteiger partial charge in [-0.15, -0.1) is 0 Å². The zero-order chi connectivity index (χ0) is 19.3. The number of aryl methyl sites for hydroxylation is 1. The van der Waals surface area contributed by atoms with Crippen molar-refractivity contribution in [3.05, 3.63) is 47.3 Å². The summed E-state index contributed by atoms with van der Waals surface area (Å²) < 4.78 is 5.24. The lowest BCUT2D eigenvalue weighted by molar-refractivity contribution is -0.125. The summed E-state index contributed by atoms with van der Waals surface area (Å²) in [7, 11) is 1.65. The summed E-state index contributed by atoms with van der Waals surface area (Å²) in [6.07, 6.45) is 8.08. The maximum atomic E-state index is 12.7. The van der Waals surface area contributed by atoms with Crippen LogP contribution in [0, 0.1) is 5.92 Å². The topological polar surface area (TPSA) is 67.3 Å². The second-order valence-corrected chi connectivity index (χ2v) is 7.70. The van der Waals surface area contributed by atoms with E-state index in [1.807, 2.05) is 30.5 Å². The van der Waals surface area contributed by atoms with Gasteiger partial charge in [0.15, 0.2) is 0 Å². The number of aromatic nitrogens is 2. The number of ether oxygens (including phenoxy) is 1. The molecule has 148 valence electrons. The third kappa shape index (κ3) is 4.26. The predicted molar refractivity (Wildman–Crippen MR) is 108 cm³/mol. The van der Waals surface area contributed by atoms with Gasteiger partial charge < -0.3 is 15.0 Å². The van der Waals surface area contributed by atoms with Crippen molar-refractivity contribution in [2.24, 2.45) is 5.92 Å². The van der Waals surface area contributed by atoms with Gasteiger partial charge in [-0.25, -0.2) is 9.97 Å². The van der Waals surface area contributed by atoms with Gasteiger partial charge in [0.1, 0.15) is 5.75 Å². The number of nitrogens with one attached hydrogen (secondary N) is 1. The number of methoxy groups -OCH3 is 1. The normalized spacial score (nSPS) is 19.0. The largest absolute Gasteiger partial charge is 0.497 e. The zero-order valence-electron chi connectivity index (χ0n) is 16.5. The maximum Gasteiger partial charge on any atom is 0.225 e. The molecule has 0 saturated carbocycles. The number of fused-ring (bicyclic) bond motifs is 1. The lowest BCUT2D eigenvalue weighted by Crippen LogP contribution is -2.35. The average molecular weight is 380 g/mol. The Hall–Kier alpha value is -2.63. The van der Waals surface area contributed by atoms with Crippen molar-refractivity contribution in [3.8, 4) is 5.75 Å². The summed E-state index contributed by atoms with van der Waals surface area (Å²) in [4.78, 5) is 24.4. The number of rotatable bonds is 5. The molecule has 1 aromatic carbocycles. The minimum Gasteiger partial charge on any atom is -0.497 e. The Bertz CT molecular complexity index is 833. The van der Waals surface area contributed by atoms with E-state index in [0.717, 1.165) is 60.9 Å². The molecule has 0 radical (unpaired) electrons. The van der Waals surface area contributed by atoms with Gasteiger partial charge in [0.2, 0.25) is 11.9 Å². The number of nitrogens with zero attached hydrogens (tertiary/aromatic N) is 3. The van der Waals surface area contributed by atoms with Crippen LogP contribution in [0.4, 0.5) is 5.95 Å². The van der Waals surface area contributed by atoms with Gasteiger partial charge in [-0.3, -0.25) is 4.79 Å². The van der Waals surface area contributed by atoms with Gasteiger partial charge in [-0.2, -0.15) is 0 Å². The predicted octanol–water partition coefficient (Wildman–Crippen LogP) is 2.90. The Labute approximate surface area is 166 Å². The van der Waals surface area contributed by atoms with E-state index in [2.05, 4.69) is 15.2 Å². The number of carbonyl (C=O) groups is 1. The Morgan fingerprint density at radius 2 is 2.14 bits per heavy atom. The Balaban J connectivity index is 1.36. The molecule has 2 aliphatic rings. The second-order valence-electron chi connectivity index (χ2n) is 7.70. The molecule has 1 amide bonds. The highest BCUT2D eigenvalue weighted by atomic mass is 16.5. The number of benzene rings is 1. The highest BCUT2D eigenvalue weighted by molar-refractivity contribution is 5.79. The van der Waals surface area contributed by atoms with E-state index in [1.54, 1.807) is 7.11 Å². The molecule has 1 unspecified atom stereocenters. The van der Waals surface area contributed by atoms with Gasteiger partial charge in [0.25, 0.3) is 0 Å². The average Bonchev–Trinajstić information content (AvgIpc) is 2.77. The summed E-state index contributed by atoms with van der Waals surface area (Å²) in [5.41, 5.74) is 3.28. The summed E-state index contributed by atoms with van der Waals surface area (Å²) in [6, 6.07) is 7.79. The van der Waals surface area contributed by atoms with Crippen LogP contribution >= 0.6 is 0 Å². The lowest BCUT2D eigenvalue weighted by atomic mass is 9.86. The number of hydrogen-bond donors (Lipinski definition) is 1. The van der Waals surface area contributed by atoms with Crippen LogP contribution < -0.4 is 15.0 Å². The number of carbonyl (C=O) groups excluding carboxylic acids is 1. The van der Waals surface area contributed by atoms with E-state index < -0.39 is 0 Å². The quantitative estimate of drug-likeness (QED) is 0.864. The minimum absolute atomic E-state index is 0.0115. The molecule has 4 rings (SSSR count). The monoisotopic (exact) mass is 380 g/mol. The highest BCUT2D eigenvalue weighted by Gasteiger charge is 2.26. The second kappa shape index (κ2) is 8.59. The lowest BCUT2D eigenvalue weighted by Gasteiger charge is -2.28. The number of piperidine rings is 1. The molecule has 1 N–H and O–H groups in total. The molecule has 1 fully saturated rings. The molecular formula is C22H28N4O2. The third-order valence-electron chi connectivity index (χ3n) is 5.75. The van der Waals surface area contributed by atoms with Crippen molar-refractivity contribution in [1.29, 1.82) is 0 Å². The first-order valence-electron chi connectivity index (χ1n) is 10.2. The van der Waals surface area contributed by atoms with Crippen LogP contribution in [0.3, 0.4) is 0 Å². The van der Waals surface area contributed by atoms with Crippen molar-refractivity contribution >= 4 is 11.9 Å². The van der Waals surface area contributed by atoms with E-state index in [9.17, 15) is 4.79 Å². The molecule has 1 saturated heterocycles. The Morgan fingerprint density at radius 1 is 1.29 bits per heavy atom. The smallest absolute Gasteiger partial charge is 0.225 e. The standard InChI is InChI=1S/C22H28N4O2/c1-28-19-7-5-6-16(12-19)14-23-21(27)17-8-9-20-18(13-17)15-24-22(25-20)26-10-3-2-4-11-26/h5-7,12,15,17H,2-4,8-11,13-14H2,1H3,(H,23,27). The van der Waals surface area contributed by atoms with E-state index >= 15 is 0 Å². The fraction of sp³-hybridized carbons (Fsp3) is 0.500. The molecule has 28 heavy (non-hydrogen) atoms. The molecule has 1 aromatic heterocycles. The molecule has 2 aromatic rings. The molecule has 1 atom stereocenters. The van der Waals surface area contributed by atoms with Crippen LogP contribution in [-0.2, 0) is 24.2 Å². The molecule has 0 spiro atoms. The SMILES string of the molecule is COc1cccc(CNC(=O)C2CCc3nc(N4CCCCC4)ncc3C2)c1. The first kappa shape index (κ1) is 18.7. The molecule has 1 aliphatic heterocycles. The summed E-state index contributed by atoms with van der Waals surface area (Å²) in [5, 5.41) is 3.07. The van der Waals surface area contributed by atoms with Gasteiger partial charge in [0.05, 0.1) is 7.11 Å². The van der Waals surface area contributed by atoms with Crippen molar-refractivity contribution in [1.82, 2.24) is 15.3 Å². The molecule has 0 bridgehead atoms. The number of anilines is 1. The van der Waals surface area contributed by atoms with Crippen LogP contribution in [0.5, 0.6) is 5.75 Å². The van der Waals surface area contributed by atoms with Crippen LogP contribution in [0.1, 0.15) is 42.5 Å². The van der Waals surface area contributed by atoms with Crippen LogP contribution in [0.2, 0.25) is 0 Å². The molecule has 6 heteroatoms. The van der Waals surface area contributed by atoms with E-state index in [1.165, 1.54) is 19.3 Å². The summed E-state index contributed by atoms with van der Waals surface area (Å²) in [5.74, 6) is 1.76. The first-order valence-corrected chi connectivity index (χ1v) is 10.2. The van der Waals surface area contributed by atoms with Gasteiger partial charge in [0, 0.05) is 37.4 Å². The fourth-order valence-corrected chi connectivity index (χ4v) is 4.08.